The van der Waals surface area contributed by atoms with Crippen molar-refractivity contribution in [2.24, 2.45) is 0 Å². The van der Waals surface area contributed by atoms with Gasteiger partial charge >= 0.3 is 0 Å². The molecule has 0 saturated heterocycles. The maximum atomic E-state index is 14.2. The fraction of sp³-hybridized carbons (Fsp3) is 0.379. The van der Waals surface area contributed by atoms with Crippen LogP contribution in [0.3, 0.4) is 0 Å². The Balaban J connectivity index is 1.42. The first-order chi connectivity index (χ1) is 16.6. The van der Waals surface area contributed by atoms with Gasteiger partial charge in [0.05, 0.1) is 18.0 Å². The SMILES string of the molecule is CC(c1ccc2c(c1)CCC2)N(CCOc1ccccn1)C(=O)C1(c2ccc(Cl)cc2)CCC1. The predicted octanol–water partition coefficient (Wildman–Crippen LogP) is 6.31. The van der Waals surface area contributed by atoms with Crippen molar-refractivity contribution in [1.29, 1.82) is 0 Å². The molecule has 2 aliphatic rings. The Morgan fingerprint density at radius 3 is 2.56 bits per heavy atom. The molecular weight excluding hydrogens is 444 g/mol. The Kier molecular flexibility index (Phi) is 6.60. The van der Waals surface area contributed by atoms with Crippen molar-refractivity contribution in [3.63, 3.8) is 0 Å². The molecule has 3 aromatic rings. The predicted molar refractivity (Wildman–Crippen MR) is 135 cm³/mol. The first-order valence-electron chi connectivity index (χ1n) is 12.3. The van der Waals surface area contributed by atoms with Crippen LogP contribution >= 0.6 is 11.6 Å². The third-order valence-corrected chi connectivity index (χ3v) is 7.82. The molecule has 5 rings (SSSR count). The van der Waals surface area contributed by atoms with Gasteiger partial charge in [0.15, 0.2) is 0 Å². The van der Waals surface area contributed by atoms with Crippen molar-refractivity contribution in [3.8, 4) is 5.88 Å². The van der Waals surface area contributed by atoms with E-state index < -0.39 is 5.41 Å². The second kappa shape index (κ2) is 9.79. The van der Waals surface area contributed by atoms with E-state index in [9.17, 15) is 4.79 Å². The summed E-state index contributed by atoms with van der Waals surface area (Å²) in [5, 5.41) is 0.692. The zero-order chi connectivity index (χ0) is 23.5. The zero-order valence-electron chi connectivity index (χ0n) is 19.7. The van der Waals surface area contributed by atoms with Gasteiger partial charge in [0.25, 0.3) is 0 Å². The van der Waals surface area contributed by atoms with E-state index in [4.69, 9.17) is 16.3 Å². The number of amides is 1. The van der Waals surface area contributed by atoms with Gasteiger partial charge in [-0.15, -0.1) is 0 Å². The monoisotopic (exact) mass is 474 g/mol. The minimum atomic E-state index is -0.486. The number of carbonyl (C=O) groups excluding carboxylic acids is 1. The van der Waals surface area contributed by atoms with E-state index in [2.05, 4.69) is 30.1 Å². The maximum absolute atomic E-state index is 14.2. The molecule has 0 aliphatic heterocycles. The van der Waals surface area contributed by atoms with Gasteiger partial charge in [-0.25, -0.2) is 4.98 Å². The number of nitrogens with zero attached hydrogens (tertiary/aromatic N) is 2. The van der Waals surface area contributed by atoms with Crippen LogP contribution in [-0.2, 0) is 23.1 Å². The summed E-state index contributed by atoms with van der Waals surface area (Å²) >= 11 is 6.15. The first-order valence-corrected chi connectivity index (χ1v) is 12.7. The van der Waals surface area contributed by atoms with Crippen LogP contribution in [0, 0.1) is 0 Å². The maximum Gasteiger partial charge on any atom is 0.233 e. The summed E-state index contributed by atoms with van der Waals surface area (Å²) in [6.07, 6.45) is 8.00. The number of hydrogen-bond acceptors (Lipinski definition) is 3. The standard InChI is InChI=1S/C29H31ClN2O2/c1-21(23-10-9-22-6-4-7-24(22)20-23)32(18-19-34-27-8-2-3-17-31-27)28(33)29(15-5-16-29)25-11-13-26(30)14-12-25/h2-3,8-14,17,20-21H,4-7,15-16,18-19H2,1H3. The highest BCUT2D eigenvalue weighted by atomic mass is 35.5. The Hall–Kier alpha value is -2.85. The van der Waals surface area contributed by atoms with Crippen LogP contribution in [0.25, 0.3) is 0 Å². The first kappa shape index (κ1) is 22.9. The number of ether oxygens (including phenoxy) is 1. The van der Waals surface area contributed by atoms with Crippen LogP contribution in [0.1, 0.15) is 60.9 Å². The lowest BCUT2D eigenvalue weighted by Gasteiger charge is -2.45. The molecule has 1 unspecified atom stereocenters. The minimum Gasteiger partial charge on any atom is -0.476 e. The Morgan fingerprint density at radius 1 is 1.06 bits per heavy atom. The largest absolute Gasteiger partial charge is 0.476 e. The van der Waals surface area contributed by atoms with Crippen molar-refractivity contribution in [1.82, 2.24) is 9.88 Å². The fourth-order valence-corrected chi connectivity index (χ4v) is 5.51. The van der Waals surface area contributed by atoms with Gasteiger partial charge in [-0.05, 0) is 79.5 Å². The van der Waals surface area contributed by atoms with E-state index in [0.29, 0.717) is 24.1 Å². The lowest BCUT2D eigenvalue weighted by Crippen LogP contribution is -2.52. The van der Waals surface area contributed by atoms with E-state index in [0.717, 1.165) is 37.7 Å². The minimum absolute atomic E-state index is 0.0458. The molecule has 1 aromatic heterocycles. The molecule has 5 heteroatoms. The summed E-state index contributed by atoms with van der Waals surface area (Å²) in [5.74, 6) is 0.759. The number of aryl methyl sites for hydroxylation is 2. The fourth-order valence-electron chi connectivity index (χ4n) is 5.38. The average Bonchev–Trinajstić information content (AvgIpc) is 3.30. The van der Waals surface area contributed by atoms with E-state index in [1.54, 1.807) is 6.20 Å². The van der Waals surface area contributed by atoms with Gasteiger partial charge in [-0.3, -0.25) is 4.79 Å². The topological polar surface area (TPSA) is 42.4 Å². The molecule has 0 radical (unpaired) electrons. The molecule has 2 aromatic carbocycles. The Labute approximate surface area is 206 Å². The number of halogens is 1. The van der Waals surface area contributed by atoms with E-state index in [-0.39, 0.29) is 11.9 Å². The molecule has 0 spiro atoms. The van der Waals surface area contributed by atoms with E-state index in [1.165, 1.54) is 23.1 Å². The summed E-state index contributed by atoms with van der Waals surface area (Å²) in [7, 11) is 0. The molecule has 0 bridgehead atoms. The molecule has 34 heavy (non-hydrogen) atoms. The molecular formula is C29H31ClN2O2. The van der Waals surface area contributed by atoms with Crippen LogP contribution in [0.2, 0.25) is 5.02 Å². The Bertz CT molecular complexity index is 1140. The van der Waals surface area contributed by atoms with E-state index >= 15 is 0 Å². The number of pyridine rings is 1. The molecule has 1 heterocycles. The van der Waals surface area contributed by atoms with Crippen molar-refractivity contribution in [2.75, 3.05) is 13.2 Å². The van der Waals surface area contributed by atoms with Crippen LogP contribution in [-0.4, -0.2) is 28.9 Å². The second-order valence-corrected chi connectivity index (χ2v) is 9.95. The molecule has 1 fully saturated rings. The number of carbonyl (C=O) groups is 1. The molecule has 1 saturated carbocycles. The summed E-state index contributed by atoms with van der Waals surface area (Å²) in [6, 6.07) is 20.1. The third-order valence-electron chi connectivity index (χ3n) is 7.57. The molecule has 1 atom stereocenters. The van der Waals surface area contributed by atoms with Crippen molar-refractivity contribution >= 4 is 17.5 Å². The van der Waals surface area contributed by atoms with Crippen molar-refractivity contribution < 1.29 is 9.53 Å². The second-order valence-electron chi connectivity index (χ2n) is 9.52. The van der Waals surface area contributed by atoms with Crippen molar-refractivity contribution in [3.05, 3.63) is 94.1 Å². The van der Waals surface area contributed by atoms with Gasteiger partial charge in [0, 0.05) is 17.3 Å². The van der Waals surface area contributed by atoms with Crippen molar-refractivity contribution in [2.45, 2.75) is 56.9 Å². The molecule has 0 N–H and O–H groups in total. The van der Waals surface area contributed by atoms with Gasteiger partial charge in [-0.1, -0.05) is 54.4 Å². The average molecular weight is 475 g/mol. The Morgan fingerprint density at radius 2 is 1.85 bits per heavy atom. The molecule has 4 nitrogen and oxygen atoms in total. The lowest BCUT2D eigenvalue weighted by atomic mass is 9.63. The summed E-state index contributed by atoms with van der Waals surface area (Å²) in [4.78, 5) is 20.5. The van der Waals surface area contributed by atoms with Gasteiger partial charge in [0.2, 0.25) is 11.8 Å². The number of hydrogen-bond donors (Lipinski definition) is 0. The lowest BCUT2D eigenvalue weighted by molar-refractivity contribution is -0.143. The van der Waals surface area contributed by atoms with Crippen LogP contribution in [0.4, 0.5) is 0 Å². The normalized spacial score (nSPS) is 16.9. The van der Waals surface area contributed by atoms with Gasteiger partial charge in [0.1, 0.15) is 6.61 Å². The number of benzene rings is 2. The number of aromatic nitrogens is 1. The molecule has 1 amide bonds. The zero-order valence-corrected chi connectivity index (χ0v) is 20.4. The molecule has 2 aliphatic carbocycles. The van der Waals surface area contributed by atoms with Crippen LogP contribution < -0.4 is 4.74 Å². The quantitative estimate of drug-likeness (QED) is 0.384. The molecule has 176 valence electrons. The highest BCUT2D eigenvalue weighted by molar-refractivity contribution is 6.30. The smallest absolute Gasteiger partial charge is 0.233 e. The van der Waals surface area contributed by atoms with Crippen LogP contribution in [0.15, 0.2) is 66.9 Å². The van der Waals surface area contributed by atoms with Gasteiger partial charge in [-0.2, -0.15) is 0 Å². The summed E-state index contributed by atoms with van der Waals surface area (Å²) in [6.45, 7) is 3.04. The highest BCUT2D eigenvalue weighted by Gasteiger charge is 2.48. The van der Waals surface area contributed by atoms with E-state index in [1.807, 2.05) is 47.4 Å². The summed E-state index contributed by atoms with van der Waals surface area (Å²) in [5.41, 5.74) is 4.64. The highest BCUT2D eigenvalue weighted by Crippen LogP contribution is 2.46. The third kappa shape index (κ3) is 4.44. The summed E-state index contributed by atoms with van der Waals surface area (Å²) < 4.78 is 5.91. The number of fused-ring (bicyclic) bond motifs is 1. The van der Waals surface area contributed by atoms with Crippen LogP contribution in [0.5, 0.6) is 5.88 Å². The number of rotatable bonds is 8. The van der Waals surface area contributed by atoms with Gasteiger partial charge < -0.3 is 9.64 Å².